The second-order valence-electron chi connectivity index (χ2n) is 6.70. The van der Waals surface area contributed by atoms with Crippen molar-refractivity contribution in [3.05, 3.63) is 48.3 Å². The van der Waals surface area contributed by atoms with Crippen molar-refractivity contribution in [2.24, 2.45) is 5.41 Å². The third kappa shape index (κ3) is 3.28. The van der Waals surface area contributed by atoms with Gasteiger partial charge in [0.1, 0.15) is 18.8 Å². The highest BCUT2D eigenvalue weighted by molar-refractivity contribution is 5.30. The topological polar surface area (TPSA) is 41.9 Å². The molecule has 1 fully saturated rings. The minimum Gasteiger partial charge on any atom is -0.466 e. The Labute approximate surface area is 132 Å². The number of piperidine rings is 1. The van der Waals surface area contributed by atoms with E-state index in [4.69, 9.17) is 9.47 Å². The van der Waals surface area contributed by atoms with Crippen molar-refractivity contribution in [1.29, 1.82) is 0 Å². The minimum atomic E-state index is -0.0342. The highest BCUT2D eigenvalue weighted by Crippen LogP contribution is 2.35. The van der Waals surface area contributed by atoms with Gasteiger partial charge in [0.2, 0.25) is 0 Å². The van der Waals surface area contributed by atoms with Crippen LogP contribution < -0.4 is 0 Å². The summed E-state index contributed by atoms with van der Waals surface area (Å²) in [4.78, 5) is 2.43. The molecule has 0 saturated carbocycles. The predicted molar refractivity (Wildman–Crippen MR) is 85.6 cm³/mol. The number of hydrogen-bond acceptors (Lipinski definition) is 4. The molecule has 1 N–H and O–H groups in total. The van der Waals surface area contributed by atoms with Crippen LogP contribution in [0.4, 0.5) is 0 Å². The number of nitrogens with zero attached hydrogens (tertiary/aromatic N) is 1. The van der Waals surface area contributed by atoms with Crippen LogP contribution in [-0.4, -0.2) is 35.7 Å². The van der Waals surface area contributed by atoms with Crippen LogP contribution in [0.2, 0.25) is 0 Å². The Balaban J connectivity index is 1.86. The highest BCUT2D eigenvalue weighted by atomic mass is 16.5. The molecule has 1 saturated heterocycles. The van der Waals surface area contributed by atoms with Crippen molar-refractivity contribution in [1.82, 2.24) is 4.90 Å². The van der Waals surface area contributed by atoms with E-state index in [1.54, 1.807) is 18.8 Å². The quantitative estimate of drug-likeness (QED) is 0.866. The van der Waals surface area contributed by atoms with Gasteiger partial charge in [-0.1, -0.05) is 25.2 Å². The van der Waals surface area contributed by atoms with Crippen molar-refractivity contribution in [2.45, 2.75) is 38.6 Å². The molecule has 1 aliphatic carbocycles. The Bertz CT molecular complexity index is 520. The zero-order valence-corrected chi connectivity index (χ0v) is 13.2. The van der Waals surface area contributed by atoms with Crippen LogP contribution in [0.3, 0.4) is 0 Å². The Kier molecular flexibility index (Phi) is 4.69. The van der Waals surface area contributed by atoms with E-state index in [9.17, 15) is 5.11 Å². The summed E-state index contributed by atoms with van der Waals surface area (Å²) in [6.07, 6.45) is 15.6. The molecule has 120 valence electrons. The zero-order chi connectivity index (χ0) is 15.4. The second-order valence-corrected chi connectivity index (χ2v) is 6.70. The van der Waals surface area contributed by atoms with E-state index in [2.05, 4.69) is 30.1 Å². The van der Waals surface area contributed by atoms with Crippen LogP contribution in [-0.2, 0) is 9.47 Å². The number of ether oxygens (including phenoxy) is 2. The molecule has 4 heteroatoms. The molecule has 2 unspecified atom stereocenters. The van der Waals surface area contributed by atoms with Crippen LogP contribution in [0.15, 0.2) is 48.3 Å². The second kappa shape index (κ2) is 6.71. The maximum absolute atomic E-state index is 9.74. The number of aliphatic hydroxyl groups is 1. The lowest BCUT2D eigenvalue weighted by Gasteiger charge is -2.44. The summed E-state index contributed by atoms with van der Waals surface area (Å²) >= 11 is 0. The third-order valence-corrected chi connectivity index (χ3v) is 4.75. The Morgan fingerprint density at radius 1 is 1.41 bits per heavy atom. The van der Waals surface area contributed by atoms with Gasteiger partial charge >= 0.3 is 0 Å². The van der Waals surface area contributed by atoms with Crippen LogP contribution in [0.25, 0.3) is 0 Å². The van der Waals surface area contributed by atoms with Gasteiger partial charge in [-0.3, -0.25) is 4.90 Å². The molecule has 2 atom stereocenters. The lowest BCUT2D eigenvalue weighted by Crippen LogP contribution is -2.50. The van der Waals surface area contributed by atoms with E-state index < -0.39 is 0 Å². The van der Waals surface area contributed by atoms with E-state index in [1.807, 2.05) is 0 Å². The fourth-order valence-electron chi connectivity index (χ4n) is 3.55. The zero-order valence-electron chi connectivity index (χ0n) is 13.2. The van der Waals surface area contributed by atoms with Crippen molar-refractivity contribution in [3.63, 3.8) is 0 Å². The summed E-state index contributed by atoms with van der Waals surface area (Å²) < 4.78 is 11.1. The molecule has 22 heavy (non-hydrogen) atoms. The van der Waals surface area contributed by atoms with E-state index in [1.165, 1.54) is 5.57 Å². The van der Waals surface area contributed by atoms with Crippen molar-refractivity contribution >= 4 is 0 Å². The number of hydrogen-bond donors (Lipinski definition) is 1. The van der Waals surface area contributed by atoms with Gasteiger partial charge in [-0.2, -0.15) is 0 Å². The molecule has 0 amide bonds. The molecule has 3 aliphatic rings. The van der Waals surface area contributed by atoms with Gasteiger partial charge < -0.3 is 14.6 Å². The predicted octanol–water partition coefficient (Wildman–Crippen LogP) is 3.09. The summed E-state index contributed by atoms with van der Waals surface area (Å²) in [6.45, 7) is 4.29. The smallest absolute Gasteiger partial charge is 0.160 e. The van der Waals surface area contributed by atoms with E-state index in [0.717, 1.165) is 44.5 Å². The number of likely N-dealkylation sites (tertiary alicyclic amines) is 1. The molecule has 3 rings (SSSR count). The molecule has 0 spiro atoms. The molecular formula is C18H25NO3. The molecule has 4 nitrogen and oxygen atoms in total. The fraction of sp³-hybridized carbons (Fsp3) is 0.556. The van der Waals surface area contributed by atoms with Crippen molar-refractivity contribution < 1.29 is 14.6 Å². The molecular weight excluding hydrogens is 278 g/mol. The number of allylic oxidation sites excluding steroid dienone is 3. The summed E-state index contributed by atoms with van der Waals surface area (Å²) in [5.74, 6) is 0.839. The van der Waals surface area contributed by atoms with Crippen molar-refractivity contribution in [2.75, 3.05) is 19.7 Å². The van der Waals surface area contributed by atoms with E-state index in [-0.39, 0.29) is 18.1 Å². The van der Waals surface area contributed by atoms with Gasteiger partial charge in [-0.05, 0) is 37.8 Å². The SMILES string of the molecule is CC1(CO)CCCN(C(C2=CC=CCC2)C2=COC=CO2)C1. The Hall–Kier alpha value is -1.52. The van der Waals surface area contributed by atoms with Gasteiger partial charge in [0.15, 0.2) is 5.76 Å². The first-order valence-corrected chi connectivity index (χ1v) is 8.10. The average molecular weight is 303 g/mol. The van der Waals surface area contributed by atoms with Crippen LogP contribution in [0.1, 0.15) is 32.6 Å². The van der Waals surface area contributed by atoms with Crippen LogP contribution in [0, 0.1) is 5.41 Å². The molecule has 2 aliphatic heterocycles. The van der Waals surface area contributed by atoms with Gasteiger partial charge in [-0.15, -0.1) is 0 Å². The lowest BCUT2D eigenvalue weighted by atomic mass is 9.81. The Morgan fingerprint density at radius 3 is 3.00 bits per heavy atom. The largest absolute Gasteiger partial charge is 0.466 e. The fourth-order valence-corrected chi connectivity index (χ4v) is 3.55. The molecule has 0 aromatic rings. The molecule has 0 aromatic heterocycles. The number of rotatable bonds is 4. The van der Waals surface area contributed by atoms with Crippen LogP contribution >= 0.6 is 0 Å². The Morgan fingerprint density at radius 2 is 2.32 bits per heavy atom. The third-order valence-electron chi connectivity index (χ3n) is 4.75. The summed E-state index contributed by atoms with van der Waals surface area (Å²) in [7, 11) is 0. The lowest BCUT2D eigenvalue weighted by molar-refractivity contribution is 0.0274. The summed E-state index contributed by atoms with van der Waals surface area (Å²) in [6, 6.07) is 0.0982. The monoisotopic (exact) mass is 303 g/mol. The molecule has 0 bridgehead atoms. The maximum Gasteiger partial charge on any atom is 0.160 e. The molecule has 0 radical (unpaired) electrons. The summed E-state index contributed by atoms with van der Waals surface area (Å²) in [5.41, 5.74) is 1.32. The summed E-state index contributed by atoms with van der Waals surface area (Å²) in [5, 5.41) is 9.74. The first-order valence-electron chi connectivity index (χ1n) is 8.10. The molecule has 2 heterocycles. The highest BCUT2D eigenvalue weighted by Gasteiger charge is 2.37. The van der Waals surface area contributed by atoms with E-state index >= 15 is 0 Å². The minimum absolute atomic E-state index is 0.0342. The van der Waals surface area contributed by atoms with Gasteiger partial charge in [0.05, 0.1) is 6.04 Å². The maximum atomic E-state index is 9.74. The van der Waals surface area contributed by atoms with Gasteiger partial charge in [-0.25, -0.2) is 0 Å². The van der Waals surface area contributed by atoms with Crippen LogP contribution in [0.5, 0.6) is 0 Å². The first-order chi connectivity index (χ1) is 10.7. The first kappa shape index (κ1) is 15.4. The standard InChI is InChI=1S/C18H25NO3/c1-18(14-20)8-5-9-19(13-18)17(15-6-3-2-4-7-15)16-12-21-10-11-22-16/h2-3,6,10-12,17,20H,4-5,7-9,13-14H2,1H3. The van der Waals surface area contributed by atoms with Crippen molar-refractivity contribution in [3.8, 4) is 0 Å². The van der Waals surface area contributed by atoms with Gasteiger partial charge in [0, 0.05) is 18.6 Å². The van der Waals surface area contributed by atoms with Gasteiger partial charge in [0.25, 0.3) is 0 Å². The van der Waals surface area contributed by atoms with E-state index in [0.29, 0.717) is 0 Å². The normalized spacial score (nSPS) is 30.1. The average Bonchev–Trinajstić information content (AvgIpc) is 2.57. The number of aliphatic hydroxyl groups excluding tert-OH is 1. The molecule has 0 aromatic carbocycles.